The molecule has 0 spiro atoms. The third-order valence-corrected chi connectivity index (χ3v) is 3.89. The lowest BCUT2D eigenvalue weighted by atomic mass is 10.1. The molecule has 0 saturated carbocycles. The summed E-state index contributed by atoms with van der Waals surface area (Å²) in [6.07, 6.45) is 1.92. The largest absolute Gasteiger partial charge is 0.478 e. The number of carbonyl (C=O) groups is 2. The van der Waals surface area contributed by atoms with Gasteiger partial charge in [0.25, 0.3) is 0 Å². The first kappa shape index (κ1) is 16.6. The van der Waals surface area contributed by atoms with Crippen LogP contribution in [-0.4, -0.2) is 28.7 Å². The van der Waals surface area contributed by atoms with Crippen molar-refractivity contribution < 1.29 is 19.4 Å². The second kappa shape index (κ2) is 7.53. The SMILES string of the molecule is O=C(NCCc1c[nH]c2ccc(C(=O)O)cc12)OCc1ccccc1. The van der Waals surface area contributed by atoms with Gasteiger partial charge < -0.3 is 20.1 Å². The molecule has 1 heterocycles. The molecule has 128 valence electrons. The monoisotopic (exact) mass is 338 g/mol. The molecule has 0 aliphatic carbocycles. The summed E-state index contributed by atoms with van der Waals surface area (Å²) in [5, 5.41) is 12.6. The van der Waals surface area contributed by atoms with E-state index in [2.05, 4.69) is 10.3 Å². The minimum absolute atomic E-state index is 0.224. The molecule has 0 atom stereocenters. The molecule has 6 heteroatoms. The van der Waals surface area contributed by atoms with E-state index in [1.54, 1.807) is 18.2 Å². The summed E-state index contributed by atoms with van der Waals surface area (Å²) in [5.74, 6) is -0.961. The van der Waals surface area contributed by atoms with Crippen molar-refractivity contribution in [2.24, 2.45) is 0 Å². The van der Waals surface area contributed by atoms with E-state index in [1.807, 2.05) is 36.5 Å². The molecular weight excluding hydrogens is 320 g/mol. The molecule has 0 saturated heterocycles. The lowest BCUT2D eigenvalue weighted by Gasteiger charge is -2.07. The number of H-pyrrole nitrogens is 1. The molecule has 0 bridgehead atoms. The molecule has 0 aliphatic heterocycles. The first-order valence-corrected chi connectivity index (χ1v) is 7.91. The van der Waals surface area contributed by atoms with Crippen LogP contribution in [0.25, 0.3) is 10.9 Å². The number of benzene rings is 2. The van der Waals surface area contributed by atoms with Gasteiger partial charge in [-0.1, -0.05) is 30.3 Å². The number of aromatic nitrogens is 1. The maximum atomic E-state index is 11.7. The van der Waals surface area contributed by atoms with Gasteiger partial charge in [0.15, 0.2) is 0 Å². The topological polar surface area (TPSA) is 91.4 Å². The van der Waals surface area contributed by atoms with Gasteiger partial charge in [-0.05, 0) is 35.7 Å². The minimum atomic E-state index is -0.961. The second-order valence-corrected chi connectivity index (χ2v) is 5.62. The smallest absolute Gasteiger partial charge is 0.407 e. The van der Waals surface area contributed by atoms with Crippen LogP contribution in [0.5, 0.6) is 0 Å². The van der Waals surface area contributed by atoms with Crippen molar-refractivity contribution in [2.75, 3.05) is 6.54 Å². The van der Waals surface area contributed by atoms with Crippen LogP contribution >= 0.6 is 0 Å². The molecule has 0 aliphatic rings. The minimum Gasteiger partial charge on any atom is -0.478 e. The number of rotatable bonds is 6. The highest BCUT2D eigenvalue weighted by atomic mass is 16.5. The zero-order valence-electron chi connectivity index (χ0n) is 13.5. The van der Waals surface area contributed by atoms with Crippen LogP contribution in [0.1, 0.15) is 21.5 Å². The fourth-order valence-electron chi connectivity index (χ4n) is 2.59. The van der Waals surface area contributed by atoms with E-state index >= 15 is 0 Å². The summed E-state index contributed by atoms with van der Waals surface area (Å²) in [7, 11) is 0. The van der Waals surface area contributed by atoms with Crippen LogP contribution in [0.3, 0.4) is 0 Å². The third-order valence-electron chi connectivity index (χ3n) is 3.89. The number of hydrogen-bond acceptors (Lipinski definition) is 3. The molecule has 25 heavy (non-hydrogen) atoms. The van der Waals surface area contributed by atoms with Gasteiger partial charge in [-0.15, -0.1) is 0 Å². The fraction of sp³-hybridized carbons (Fsp3) is 0.158. The zero-order valence-corrected chi connectivity index (χ0v) is 13.5. The highest BCUT2D eigenvalue weighted by molar-refractivity contribution is 5.94. The van der Waals surface area contributed by atoms with Crippen LogP contribution in [0, 0.1) is 0 Å². The van der Waals surface area contributed by atoms with Crippen molar-refractivity contribution in [3.8, 4) is 0 Å². The van der Waals surface area contributed by atoms with Gasteiger partial charge in [-0.25, -0.2) is 9.59 Å². The van der Waals surface area contributed by atoms with Crippen molar-refractivity contribution in [3.63, 3.8) is 0 Å². The van der Waals surface area contributed by atoms with E-state index in [9.17, 15) is 9.59 Å². The summed E-state index contributed by atoms with van der Waals surface area (Å²) < 4.78 is 5.15. The highest BCUT2D eigenvalue weighted by Gasteiger charge is 2.09. The van der Waals surface area contributed by atoms with Crippen molar-refractivity contribution >= 4 is 23.0 Å². The van der Waals surface area contributed by atoms with Gasteiger partial charge in [-0.2, -0.15) is 0 Å². The second-order valence-electron chi connectivity index (χ2n) is 5.62. The summed E-state index contributed by atoms with van der Waals surface area (Å²) in [4.78, 5) is 25.9. The molecule has 2 aromatic carbocycles. The number of fused-ring (bicyclic) bond motifs is 1. The van der Waals surface area contributed by atoms with Gasteiger partial charge in [0.1, 0.15) is 6.61 Å². The Morgan fingerprint density at radius 1 is 1.12 bits per heavy atom. The van der Waals surface area contributed by atoms with Crippen LogP contribution in [-0.2, 0) is 17.8 Å². The predicted octanol–water partition coefficient (Wildman–Crippen LogP) is 3.34. The number of alkyl carbamates (subject to hydrolysis) is 1. The number of carbonyl (C=O) groups excluding carboxylic acids is 1. The van der Waals surface area contributed by atoms with E-state index in [1.165, 1.54) is 0 Å². The molecule has 3 N–H and O–H groups in total. The van der Waals surface area contributed by atoms with Gasteiger partial charge in [0.2, 0.25) is 0 Å². The number of carboxylic acid groups (broad SMARTS) is 1. The molecule has 0 radical (unpaired) electrons. The van der Waals surface area contributed by atoms with Gasteiger partial charge >= 0.3 is 12.1 Å². The van der Waals surface area contributed by atoms with Gasteiger partial charge in [0.05, 0.1) is 5.56 Å². The Kier molecular flexibility index (Phi) is 4.99. The number of aromatic carboxylic acids is 1. The van der Waals surface area contributed by atoms with Crippen molar-refractivity contribution in [2.45, 2.75) is 13.0 Å². The van der Waals surface area contributed by atoms with Crippen molar-refractivity contribution in [3.05, 3.63) is 71.4 Å². The first-order valence-electron chi connectivity index (χ1n) is 7.91. The Morgan fingerprint density at radius 3 is 2.68 bits per heavy atom. The maximum absolute atomic E-state index is 11.7. The number of aromatic amines is 1. The van der Waals surface area contributed by atoms with Gasteiger partial charge in [0, 0.05) is 23.6 Å². The third kappa shape index (κ3) is 4.17. The lowest BCUT2D eigenvalue weighted by molar-refractivity contribution is 0.0697. The average molecular weight is 338 g/mol. The van der Waals surface area contributed by atoms with Crippen molar-refractivity contribution in [1.29, 1.82) is 0 Å². The Hall–Kier alpha value is -3.28. The normalized spacial score (nSPS) is 10.6. The summed E-state index contributed by atoms with van der Waals surface area (Å²) in [6.45, 7) is 0.625. The number of nitrogens with one attached hydrogen (secondary N) is 2. The molecule has 3 rings (SSSR count). The van der Waals surface area contributed by atoms with E-state index in [0.717, 1.165) is 22.0 Å². The van der Waals surface area contributed by atoms with Crippen molar-refractivity contribution in [1.82, 2.24) is 10.3 Å². The molecule has 1 aromatic heterocycles. The van der Waals surface area contributed by atoms with E-state index in [4.69, 9.17) is 9.84 Å². The quantitative estimate of drug-likeness (QED) is 0.643. The Balaban J connectivity index is 1.53. The lowest BCUT2D eigenvalue weighted by Crippen LogP contribution is -2.26. The Labute approximate surface area is 144 Å². The Morgan fingerprint density at radius 2 is 1.92 bits per heavy atom. The summed E-state index contributed by atoms with van der Waals surface area (Å²) >= 11 is 0. The van der Waals surface area contributed by atoms with Gasteiger partial charge in [-0.3, -0.25) is 0 Å². The summed E-state index contributed by atoms with van der Waals surface area (Å²) in [6, 6.07) is 14.4. The Bertz CT molecular complexity index is 887. The van der Waals surface area contributed by atoms with E-state index < -0.39 is 12.1 Å². The average Bonchev–Trinajstić information content (AvgIpc) is 3.03. The molecular formula is C19H18N2O4. The number of amides is 1. The number of carboxylic acids is 1. The van der Waals surface area contributed by atoms with E-state index in [0.29, 0.717) is 13.0 Å². The number of ether oxygens (including phenoxy) is 1. The maximum Gasteiger partial charge on any atom is 0.407 e. The molecule has 3 aromatic rings. The van der Waals surface area contributed by atoms with Crippen LogP contribution in [0.4, 0.5) is 4.79 Å². The van der Waals surface area contributed by atoms with Crippen LogP contribution in [0.2, 0.25) is 0 Å². The first-order chi connectivity index (χ1) is 12.1. The summed E-state index contributed by atoms with van der Waals surface area (Å²) in [5.41, 5.74) is 2.98. The molecule has 0 unspecified atom stereocenters. The zero-order chi connectivity index (χ0) is 17.6. The standard InChI is InChI=1S/C19H18N2O4/c22-18(23)14-6-7-17-16(10-14)15(11-21-17)8-9-20-19(24)25-12-13-4-2-1-3-5-13/h1-7,10-11,21H,8-9,12H2,(H,20,24)(H,22,23). The van der Waals surface area contributed by atoms with Crippen LogP contribution < -0.4 is 5.32 Å². The van der Waals surface area contributed by atoms with Crippen LogP contribution in [0.15, 0.2) is 54.7 Å². The molecule has 6 nitrogen and oxygen atoms in total. The predicted molar refractivity (Wildman–Crippen MR) is 93.6 cm³/mol. The molecule has 0 fully saturated rings. The highest BCUT2D eigenvalue weighted by Crippen LogP contribution is 2.20. The fourth-order valence-corrected chi connectivity index (χ4v) is 2.59. The van der Waals surface area contributed by atoms with E-state index in [-0.39, 0.29) is 12.2 Å². The number of hydrogen-bond donors (Lipinski definition) is 3. The molecule has 1 amide bonds.